The van der Waals surface area contributed by atoms with Crippen LogP contribution in [0, 0.1) is 0 Å². The van der Waals surface area contributed by atoms with E-state index in [1.807, 2.05) is 12.1 Å². The Morgan fingerprint density at radius 3 is 2.63 bits per heavy atom. The van der Waals surface area contributed by atoms with Crippen LogP contribution < -0.4 is 15.4 Å². The van der Waals surface area contributed by atoms with Gasteiger partial charge in [-0.1, -0.05) is 24.3 Å². The molecule has 0 saturated carbocycles. The van der Waals surface area contributed by atoms with Gasteiger partial charge in [-0.25, -0.2) is 0 Å². The zero-order valence-electron chi connectivity index (χ0n) is 14.8. The summed E-state index contributed by atoms with van der Waals surface area (Å²) < 4.78 is 5.14. The molecule has 27 heavy (non-hydrogen) atoms. The first-order valence-electron chi connectivity index (χ1n) is 8.39. The molecule has 0 spiro atoms. The van der Waals surface area contributed by atoms with Crippen molar-refractivity contribution in [3.8, 4) is 5.75 Å². The highest BCUT2D eigenvalue weighted by Crippen LogP contribution is 2.18. The molecule has 2 N–H and O–H groups in total. The van der Waals surface area contributed by atoms with Gasteiger partial charge >= 0.3 is 0 Å². The zero-order chi connectivity index (χ0) is 19.1. The fourth-order valence-electron chi connectivity index (χ4n) is 2.53. The van der Waals surface area contributed by atoms with Crippen molar-refractivity contribution in [2.75, 3.05) is 12.4 Å². The summed E-state index contributed by atoms with van der Waals surface area (Å²) in [5.41, 5.74) is 2.16. The second-order valence-corrected chi connectivity index (χ2v) is 5.78. The first kappa shape index (κ1) is 18.1. The molecule has 0 radical (unpaired) electrons. The maximum Gasteiger partial charge on any atom is 0.255 e. The van der Waals surface area contributed by atoms with Crippen LogP contribution in [-0.2, 0) is 6.54 Å². The van der Waals surface area contributed by atoms with Crippen LogP contribution in [0.2, 0.25) is 0 Å². The van der Waals surface area contributed by atoms with Gasteiger partial charge < -0.3 is 15.4 Å². The number of nitrogens with one attached hydrogen (secondary N) is 2. The molecule has 1 heterocycles. The van der Waals surface area contributed by atoms with E-state index in [1.165, 1.54) is 0 Å². The molecule has 2 amide bonds. The first-order chi connectivity index (χ1) is 13.2. The summed E-state index contributed by atoms with van der Waals surface area (Å²) in [4.78, 5) is 29.1. The fraction of sp³-hybridized carbons (Fsp3) is 0.0952. The van der Waals surface area contributed by atoms with E-state index in [0.29, 0.717) is 29.1 Å². The van der Waals surface area contributed by atoms with Crippen molar-refractivity contribution in [2.24, 2.45) is 0 Å². The number of para-hydroxylation sites is 1. The third kappa shape index (κ3) is 4.70. The molecule has 6 nitrogen and oxygen atoms in total. The lowest BCUT2D eigenvalue weighted by molar-refractivity contribution is 0.0951. The molecule has 0 atom stereocenters. The molecule has 6 heteroatoms. The maximum atomic E-state index is 12.6. The third-order valence-electron chi connectivity index (χ3n) is 3.93. The molecule has 3 aromatic rings. The minimum atomic E-state index is -0.318. The summed E-state index contributed by atoms with van der Waals surface area (Å²) in [5.74, 6) is -0.00745. The summed E-state index contributed by atoms with van der Waals surface area (Å²) in [5, 5.41) is 5.63. The molecule has 0 unspecified atom stereocenters. The predicted molar refractivity (Wildman–Crippen MR) is 103 cm³/mol. The van der Waals surface area contributed by atoms with Crippen molar-refractivity contribution >= 4 is 17.5 Å². The summed E-state index contributed by atoms with van der Waals surface area (Å²) in [6.45, 7) is 0.352. The number of amides is 2. The lowest BCUT2D eigenvalue weighted by atomic mass is 10.1. The molecule has 2 aromatic carbocycles. The molecule has 0 aliphatic rings. The van der Waals surface area contributed by atoms with Gasteiger partial charge in [-0.2, -0.15) is 0 Å². The fourth-order valence-corrected chi connectivity index (χ4v) is 2.53. The van der Waals surface area contributed by atoms with Crippen molar-refractivity contribution in [3.05, 3.63) is 89.7 Å². The molecule has 3 rings (SSSR count). The number of methoxy groups -OCH3 is 1. The lowest BCUT2D eigenvalue weighted by Gasteiger charge is -2.12. The third-order valence-corrected chi connectivity index (χ3v) is 3.93. The predicted octanol–water partition coefficient (Wildman–Crippen LogP) is 3.27. The molecular formula is C21H19N3O3. The molecule has 0 saturated heterocycles. The maximum absolute atomic E-state index is 12.6. The van der Waals surface area contributed by atoms with Crippen LogP contribution in [0.15, 0.2) is 73.1 Å². The minimum Gasteiger partial charge on any atom is -0.497 e. The first-order valence-corrected chi connectivity index (χ1v) is 8.39. The van der Waals surface area contributed by atoms with E-state index in [1.54, 1.807) is 68.0 Å². The van der Waals surface area contributed by atoms with Crippen molar-refractivity contribution in [1.82, 2.24) is 10.3 Å². The highest BCUT2D eigenvalue weighted by atomic mass is 16.5. The number of hydrogen-bond acceptors (Lipinski definition) is 4. The Kier molecular flexibility index (Phi) is 5.79. The summed E-state index contributed by atoms with van der Waals surface area (Å²) in [7, 11) is 1.54. The molecule has 0 bridgehead atoms. The number of ether oxygens (including phenoxy) is 1. The number of carbonyl (C=O) groups is 2. The lowest BCUT2D eigenvalue weighted by Crippen LogP contribution is -2.25. The van der Waals surface area contributed by atoms with Gasteiger partial charge in [0.25, 0.3) is 11.8 Å². The molecule has 0 aliphatic heterocycles. The topological polar surface area (TPSA) is 80.3 Å². The Morgan fingerprint density at radius 1 is 1.00 bits per heavy atom. The van der Waals surface area contributed by atoms with Crippen LogP contribution in [0.5, 0.6) is 5.75 Å². The van der Waals surface area contributed by atoms with E-state index in [4.69, 9.17) is 4.74 Å². The van der Waals surface area contributed by atoms with Gasteiger partial charge in [0.15, 0.2) is 0 Å². The Bertz CT molecular complexity index is 942. The number of benzene rings is 2. The van der Waals surface area contributed by atoms with Crippen LogP contribution in [0.4, 0.5) is 5.69 Å². The molecule has 0 fully saturated rings. The standard InChI is InChI=1S/C21H19N3O3/c1-27-17-8-4-7-16(12-17)20(25)24-19-10-3-2-9-18(19)21(26)23-14-15-6-5-11-22-13-15/h2-13H,14H2,1H3,(H,23,26)(H,24,25). The number of carbonyl (C=O) groups excluding carboxylic acids is 2. The molecular weight excluding hydrogens is 342 g/mol. The van der Waals surface area contributed by atoms with E-state index in [0.717, 1.165) is 5.56 Å². The van der Waals surface area contributed by atoms with E-state index in [9.17, 15) is 9.59 Å². The number of hydrogen-bond donors (Lipinski definition) is 2. The van der Waals surface area contributed by atoms with E-state index in [-0.39, 0.29) is 11.8 Å². The zero-order valence-corrected chi connectivity index (χ0v) is 14.8. The molecule has 136 valence electrons. The van der Waals surface area contributed by atoms with Crippen molar-refractivity contribution in [3.63, 3.8) is 0 Å². The van der Waals surface area contributed by atoms with Gasteiger partial charge in [-0.3, -0.25) is 14.6 Å². The Balaban J connectivity index is 1.73. The largest absolute Gasteiger partial charge is 0.497 e. The van der Waals surface area contributed by atoms with Gasteiger partial charge in [-0.15, -0.1) is 0 Å². The summed E-state index contributed by atoms with van der Waals surface area (Å²) in [6, 6.07) is 17.4. The second-order valence-electron chi connectivity index (χ2n) is 5.78. The van der Waals surface area contributed by atoms with Crippen LogP contribution in [-0.4, -0.2) is 23.9 Å². The Hall–Kier alpha value is -3.67. The van der Waals surface area contributed by atoms with Crippen LogP contribution >= 0.6 is 0 Å². The van der Waals surface area contributed by atoms with Crippen LogP contribution in [0.25, 0.3) is 0 Å². The highest BCUT2D eigenvalue weighted by molar-refractivity contribution is 6.09. The van der Waals surface area contributed by atoms with Crippen molar-refractivity contribution in [2.45, 2.75) is 6.54 Å². The summed E-state index contributed by atoms with van der Waals surface area (Å²) in [6.07, 6.45) is 3.37. The van der Waals surface area contributed by atoms with Gasteiger partial charge in [0, 0.05) is 24.5 Å². The smallest absolute Gasteiger partial charge is 0.255 e. The average Bonchev–Trinajstić information content (AvgIpc) is 2.73. The molecule has 0 aliphatic carbocycles. The quantitative estimate of drug-likeness (QED) is 0.706. The minimum absolute atomic E-state index is 0.277. The second kappa shape index (κ2) is 8.62. The number of aromatic nitrogens is 1. The SMILES string of the molecule is COc1cccc(C(=O)Nc2ccccc2C(=O)NCc2cccnc2)c1. The van der Waals surface area contributed by atoms with Gasteiger partial charge in [0.2, 0.25) is 0 Å². The number of anilines is 1. The van der Waals surface area contributed by atoms with Crippen LogP contribution in [0.3, 0.4) is 0 Å². The molecule has 1 aromatic heterocycles. The van der Waals surface area contributed by atoms with Crippen molar-refractivity contribution < 1.29 is 14.3 Å². The number of pyridine rings is 1. The normalized spacial score (nSPS) is 10.1. The van der Waals surface area contributed by atoms with Crippen LogP contribution in [0.1, 0.15) is 26.3 Å². The Labute approximate surface area is 157 Å². The summed E-state index contributed by atoms with van der Waals surface area (Å²) >= 11 is 0. The van der Waals surface area contributed by atoms with E-state index >= 15 is 0 Å². The van der Waals surface area contributed by atoms with E-state index < -0.39 is 0 Å². The van der Waals surface area contributed by atoms with Gasteiger partial charge in [-0.05, 0) is 42.0 Å². The average molecular weight is 361 g/mol. The monoisotopic (exact) mass is 361 g/mol. The highest BCUT2D eigenvalue weighted by Gasteiger charge is 2.14. The number of nitrogens with zero attached hydrogens (tertiary/aromatic N) is 1. The Morgan fingerprint density at radius 2 is 1.85 bits per heavy atom. The van der Waals surface area contributed by atoms with E-state index in [2.05, 4.69) is 15.6 Å². The number of rotatable bonds is 6. The van der Waals surface area contributed by atoms with Gasteiger partial charge in [0.1, 0.15) is 5.75 Å². The van der Waals surface area contributed by atoms with Gasteiger partial charge in [0.05, 0.1) is 18.4 Å². The van der Waals surface area contributed by atoms with Crippen molar-refractivity contribution in [1.29, 1.82) is 0 Å².